The summed E-state index contributed by atoms with van der Waals surface area (Å²) in [7, 11) is 1.33. The Morgan fingerprint density at radius 2 is 2.19 bits per heavy atom. The molecule has 0 saturated heterocycles. The number of ketones is 1. The van der Waals surface area contributed by atoms with Crippen LogP contribution in [0.5, 0.6) is 5.75 Å². The van der Waals surface area contributed by atoms with E-state index in [-0.39, 0.29) is 22.7 Å². The predicted octanol–water partition coefficient (Wildman–Crippen LogP) is 1.68. The minimum atomic E-state index is -0.704. The van der Waals surface area contributed by atoms with Crippen molar-refractivity contribution in [2.75, 3.05) is 7.11 Å². The number of nitrogens with zero attached hydrogens (tertiary/aromatic N) is 2. The summed E-state index contributed by atoms with van der Waals surface area (Å²) in [6.45, 7) is 1.27. The summed E-state index contributed by atoms with van der Waals surface area (Å²) in [6, 6.07) is 3.93. The number of carbonyl (C=O) groups excluding carboxylic acids is 1. The van der Waals surface area contributed by atoms with Crippen molar-refractivity contribution in [3.8, 4) is 11.8 Å². The zero-order valence-corrected chi connectivity index (χ0v) is 8.68. The summed E-state index contributed by atoms with van der Waals surface area (Å²) < 4.78 is 4.89. The second-order valence-electron chi connectivity index (χ2n) is 2.99. The van der Waals surface area contributed by atoms with E-state index in [4.69, 9.17) is 10.00 Å². The average Bonchev–Trinajstić information content (AvgIpc) is 2.26. The molecule has 0 saturated carbocycles. The van der Waals surface area contributed by atoms with Gasteiger partial charge in [0, 0.05) is 12.1 Å². The lowest BCUT2D eigenvalue weighted by molar-refractivity contribution is -0.385. The highest BCUT2D eigenvalue weighted by Gasteiger charge is 2.20. The number of nitriles is 1. The Kier molecular flexibility index (Phi) is 3.20. The summed E-state index contributed by atoms with van der Waals surface area (Å²) in [5.41, 5.74) is -0.437. The number of Topliss-reactive ketones (excluding diaryl/α,β-unsaturated/α-hetero) is 1. The molecular weight excluding hydrogens is 212 g/mol. The molecule has 1 rings (SSSR count). The van der Waals surface area contributed by atoms with Crippen molar-refractivity contribution in [2.24, 2.45) is 0 Å². The Bertz CT molecular complexity index is 502. The predicted molar refractivity (Wildman–Crippen MR) is 54.4 cm³/mol. The number of methoxy groups -OCH3 is 1. The molecule has 0 bridgehead atoms. The summed E-state index contributed by atoms with van der Waals surface area (Å²) in [6.07, 6.45) is 0. The molecule has 0 aliphatic rings. The quantitative estimate of drug-likeness (QED) is 0.438. The van der Waals surface area contributed by atoms with Crippen LogP contribution in [0.25, 0.3) is 0 Å². The van der Waals surface area contributed by atoms with Gasteiger partial charge in [-0.05, 0) is 6.92 Å². The number of nitro groups is 1. The van der Waals surface area contributed by atoms with E-state index in [1.807, 2.05) is 0 Å². The maximum atomic E-state index is 11.2. The van der Waals surface area contributed by atoms with Gasteiger partial charge in [0.1, 0.15) is 17.4 Å². The van der Waals surface area contributed by atoms with Crippen LogP contribution in [0.2, 0.25) is 0 Å². The normalized spacial score (nSPS) is 9.31. The summed E-state index contributed by atoms with van der Waals surface area (Å²) in [4.78, 5) is 21.2. The maximum absolute atomic E-state index is 11.2. The number of rotatable bonds is 3. The summed E-state index contributed by atoms with van der Waals surface area (Å²) in [5.74, 6) is -0.195. The highest BCUT2D eigenvalue weighted by molar-refractivity contribution is 5.97. The Labute approximate surface area is 91.2 Å². The van der Waals surface area contributed by atoms with Crippen molar-refractivity contribution in [1.29, 1.82) is 5.26 Å². The number of carbonyl (C=O) groups is 1. The SMILES string of the molecule is COc1cc(C#N)c([N+](=O)[O-])cc1C(C)=O. The Balaban J connectivity index is 3.54. The van der Waals surface area contributed by atoms with E-state index in [0.29, 0.717) is 0 Å². The van der Waals surface area contributed by atoms with E-state index < -0.39 is 10.6 Å². The average molecular weight is 220 g/mol. The Morgan fingerprint density at radius 3 is 2.56 bits per heavy atom. The highest BCUT2D eigenvalue weighted by Crippen LogP contribution is 2.28. The molecule has 0 heterocycles. The molecule has 6 heteroatoms. The molecule has 0 spiro atoms. The van der Waals surface area contributed by atoms with Crippen LogP contribution in [0, 0.1) is 21.4 Å². The topological polar surface area (TPSA) is 93.2 Å². The van der Waals surface area contributed by atoms with Crippen LogP contribution in [0.3, 0.4) is 0 Å². The third kappa shape index (κ3) is 1.98. The molecular formula is C10H8N2O4. The van der Waals surface area contributed by atoms with Gasteiger partial charge >= 0.3 is 0 Å². The third-order valence-corrected chi connectivity index (χ3v) is 2.01. The van der Waals surface area contributed by atoms with Gasteiger partial charge in [-0.2, -0.15) is 5.26 Å². The molecule has 0 N–H and O–H groups in total. The Morgan fingerprint density at radius 1 is 1.56 bits per heavy atom. The van der Waals surface area contributed by atoms with Crippen LogP contribution in [0.15, 0.2) is 12.1 Å². The van der Waals surface area contributed by atoms with Crippen LogP contribution in [-0.4, -0.2) is 17.8 Å². The standard InChI is InChI=1S/C10H8N2O4/c1-6(13)8-4-9(12(14)15)7(5-11)3-10(8)16-2/h3-4H,1-2H3. The number of benzene rings is 1. The molecule has 0 atom stereocenters. The molecule has 0 unspecified atom stereocenters. The van der Waals surface area contributed by atoms with E-state index in [1.54, 1.807) is 6.07 Å². The molecule has 0 aliphatic carbocycles. The van der Waals surface area contributed by atoms with Gasteiger partial charge in [0.25, 0.3) is 5.69 Å². The molecule has 1 aromatic carbocycles. The number of hydrogen-bond acceptors (Lipinski definition) is 5. The zero-order chi connectivity index (χ0) is 12.3. The number of ether oxygens (including phenoxy) is 1. The minimum Gasteiger partial charge on any atom is -0.496 e. The van der Waals surface area contributed by atoms with E-state index >= 15 is 0 Å². The van der Waals surface area contributed by atoms with Crippen molar-refractivity contribution < 1.29 is 14.5 Å². The molecule has 0 radical (unpaired) electrons. The van der Waals surface area contributed by atoms with E-state index in [9.17, 15) is 14.9 Å². The van der Waals surface area contributed by atoms with E-state index in [0.717, 1.165) is 6.07 Å². The molecule has 16 heavy (non-hydrogen) atoms. The van der Waals surface area contributed by atoms with Gasteiger partial charge < -0.3 is 4.74 Å². The van der Waals surface area contributed by atoms with Crippen LogP contribution in [0.4, 0.5) is 5.69 Å². The molecule has 1 aromatic rings. The van der Waals surface area contributed by atoms with Crippen molar-refractivity contribution in [1.82, 2.24) is 0 Å². The minimum absolute atomic E-state index is 0.0909. The van der Waals surface area contributed by atoms with Gasteiger partial charge in [0.2, 0.25) is 0 Å². The Hall–Kier alpha value is -2.42. The van der Waals surface area contributed by atoms with Gasteiger partial charge in [-0.3, -0.25) is 14.9 Å². The van der Waals surface area contributed by atoms with Crippen LogP contribution >= 0.6 is 0 Å². The van der Waals surface area contributed by atoms with Crippen LogP contribution in [0.1, 0.15) is 22.8 Å². The van der Waals surface area contributed by atoms with Gasteiger partial charge in [0.15, 0.2) is 5.78 Å². The van der Waals surface area contributed by atoms with Gasteiger partial charge in [-0.25, -0.2) is 0 Å². The molecule has 0 amide bonds. The van der Waals surface area contributed by atoms with Gasteiger partial charge in [-0.1, -0.05) is 0 Å². The molecule has 0 aromatic heterocycles. The first kappa shape index (κ1) is 11.7. The van der Waals surface area contributed by atoms with Crippen molar-refractivity contribution in [2.45, 2.75) is 6.92 Å². The smallest absolute Gasteiger partial charge is 0.288 e. The van der Waals surface area contributed by atoms with Crippen LogP contribution < -0.4 is 4.74 Å². The summed E-state index contributed by atoms with van der Waals surface area (Å²) in [5, 5.41) is 19.4. The molecule has 6 nitrogen and oxygen atoms in total. The van der Waals surface area contributed by atoms with Gasteiger partial charge in [-0.15, -0.1) is 0 Å². The number of hydrogen-bond donors (Lipinski definition) is 0. The largest absolute Gasteiger partial charge is 0.496 e. The fourth-order valence-corrected chi connectivity index (χ4v) is 1.25. The first-order valence-corrected chi connectivity index (χ1v) is 4.28. The van der Waals surface area contributed by atoms with Crippen LogP contribution in [-0.2, 0) is 0 Å². The van der Waals surface area contributed by atoms with E-state index in [1.165, 1.54) is 20.1 Å². The third-order valence-electron chi connectivity index (χ3n) is 2.01. The second kappa shape index (κ2) is 4.40. The fourth-order valence-electron chi connectivity index (χ4n) is 1.25. The molecule has 0 aliphatic heterocycles. The zero-order valence-electron chi connectivity index (χ0n) is 8.68. The first-order chi connectivity index (χ1) is 7.51. The number of nitro benzene ring substituents is 1. The molecule has 0 fully saturated rings. The van der Waals surface area contributed by atoms with Crippen molar-refractivity contribution in [3.63, 3.8) is 0 Å². The lowest BCUT2D eigenvalue weighted by Gasteiger charge is -2.06. The lowest BCUT2D eigenvalue weighted by atomic mass is 10.1. The lowest BCUT2D eigenvalue weighted by Crippen LogP contribution is -2.01. The van der Waals surface area contributed by atoms with E-state index in [2.05, 4.69) is 0 Å². The van der Waals surface area contributed by atoms with Gasteiger partial charge in [0.05, 0.1) is 17.6 Å². The molecule has 82 valence electrons. The highest BCUT2D eigenvalue weighted by atomic mass is 16.6. The summed E-state index contributed by atoms with van der Waals surface area (Å²) >= 11 is 0. The first-order valence-electron chi connectivity index (χ1n) is 4.28. The monoisotopic (exact) mass is 220 g/mol. The second-order valence-corrected chi connectivity index (χ2v) is 2.99. The fraction of sp³-hybridized carbons (Fsp3) is 0.200. The van der Waals surface area contributed by atoms with Crippen molar-refractivity contribution in [3.05, 3.63) is 33.4 Å². The maximum Gasteiger partial charge on any atom is 0.288 e. The van der Waals surface area contributed by atoms with Crippen molar-refractivity contribution >= 4 is 11.5 Å².